The molecule has 5 rings (SSSR count). The van der Waals surface area contributed by atoms with Crippen LogP contribution in [0, 0.1) is 5.82 Å². The molecule has 1 aromatic heterocycles. The number of carbonyl (C=O) groups is 1. The Morgan fingerprint density at radius 2 is 1.68 bits per heavy atom. The summed E-state index contributed by atoms with van der Waals surface area (Å²) in [6.07, 6.45) is 2.89. The van der Waals surface area contributed by atoms with E-state index in [0.29, 0.717) is 28.1 Å². The second-order valence-electron chi connectivity index (χ2n) is 8.28. The quantitative estimate of drug-likeness (QED) is 0.336. The van der Waals surface area contributed by atoms with Crippen LogP contribution in [0.15, 0.2) is 65.1 Å². The van der Waals surface area contributed by atoms with Crippen LogP contribution in [0.1, 0.15) is 34.7 Å². The third kappa shape index (κ3) is 4.47. The number of sulfonamides is 1. The van der Waals surface area contributed by atoms with Gasteiger partial charge in [0.05, 0.1) is 11.9 Å². The van der Waals surface area contributed by atoms with Crippen molar-refractivity contribution in [1.29, 1.82) is 0 Å². The van der Waals surface area contributed by atoms with E-state index in [4.69, 9.17) is 9.15 Å². The fourth-order valence-corrected chi connectivity index (χ4v) is 4.48. The summed E-state index contributed by atoms with van der Waals surface area (Å²) in [6, 6.07) is 15.5. The van der Waals surface area contributed by atoms with Crippen molar-refractivity contribution in [2.75, 3.05) is 11.0 Å². The molecule has 1 saturated carbocycles. The van der Waals surface area contributed by atoms with E-state index < -0.39 is 16.0 Å². The van der Waals surface area contributed by atoms with Gasteiger partial charge in [-0.25, -0.2) is 17.6 Å². The number of ether oxygens (including phenoxy) is 1. The first kappa shape index (κ1) is 22.0. The van der Waals surface area contributed by atoms with Gasteiger partial charge in [-0.05, 0) is 78.9 Å². The number of hydrogen-bond donors (Lipinski definition) is 2. The molecule has 1 aliphatic carbocycles. The Kier molecular flexibility index (Phi) is 5.28. The van der Waals surface area contributed by atoms with E-state index in [1.165, 1.54) is 24.3 Å². The molecule has 174 valence electrons. The topological polar surface area (TPSA) is 106 Å². The molecule has 1 fully saturated rings. The fourth-order valence-electron chi connectivity index (χ4n) is 3.91. The highest BCUT2D eigenvalue weighted by Gasteiger charge is 2.30. The number of aromatic carboxylic acids is 1. The summed E-state index contributed by atoms with van der Waals surface area (Å²) in [4.78, 5) is 12.2. The second-order valence-corrected chi connectivity index (χ2v) is 10.0. The van der Waals surface area contributed by atoms with Crippen molar-refractivity contribution in [2.24, 2.45) is 0 Å². The minimum atomic E-state index is -3.52. The van der Waals surface area contributed by atoms with Crippen LogP contribution in [0.25, 0.3) is 22.3 Å². The Bertz CT molecular complexity index is 1500. The highest BCUT2D eigenvalue weighted by Crippen LogP contribution is 2.46. The molecule has 0 amide bonds. The molecule has 0 radical (unpaired) electrons. The molecule has 1 aliphatic rings. The van der Waals surface area contributed by atoms with Crippen molar-refractivity contribution < 1.29 is 31.9 Å². The number of anilines is 1. The summed E-state index contributed by atoms with van der Waals surface area (Å²) in [7, 11) is -3.52. The Morgan fingerprint density at radius 3 is 2.24 bits per heavy atom. The highest BCUT2D eigenvalue weighted by atomic mass is 32.2. The molecule has 7 nitrogen and oxygen atoms in total. The van der Waals surface area contributed by atoms with Gasteiger partial charge in [0, 0.05) is 17.0 Å². The first-order valence-electron chi connectivity index (χ1n) is 10.5. The van der Waals surface area contributed by atoms with Crippen LogP contribution in [0.4, 0.5) is 10.1 Å². The average molecular weight is 482 g/mol. The van der Waals surface area contributed by atoms with Crippen molar-refractivity contribution in [1.82, 2.24) is 0 Å². The van der Waals surface area contributed by atoms with E-state index >= 15 is 0 Å². The van der Waals surface area contributed by atoms with Gasteiger partial charge in [0.25, 0.3) is 0 Å². The lowest BCUT2D eigenvalue weighted by Crippen LogP contribution is -2.11. The molecule has 0 unspecified atom stereocenters. The molecular weight excluding hydrogens is 461 g/mol. The number of benzene rings is 3. The third-order valence-electron chi connectivity index (χ3n) is 5.55. The zero-order chi connectivity index (χ0) is 24.0. The van der Waals surface area contributed by atoms with Crippen LogP contribution in [0.2, 0.25) is 0 Å². The molecule has 0 bridgehead atoms. The Labute approximate surface area is 194 Å². The molecule has 34 heavy (non-hydrogen) atoms. The van der Waals surface area contributed by atoms with Gasteiger partial charge in [-0.3, -0.25) is 4.72 Å². The standard InChI is InChI=1S/C25H20FNO6S/c1-34(30,31)27-21-13-22-20(12-19(21)14-2-3-14)23(25(28)29)24(33-22)15-4-8-17(9-5-15)32-18-10-6-16(26)7-11-18/h4-14,27H,2-3H2,1H3,(H,28,29). The molecule has 3 aromatic carbocycles. The molecule has 0 aliphatic heterocycles. The first-order chi connectivity index (χ1) is 16.2. The molecule has 9 heteroatoms. The van der Waals surface area contributed by atoms with Crippen LogP contribution >= 0.6 is 0 Å². The van der Waals surface area contributed by atoms with E-state index in [2.05, 4.69) is 4.72 Å². The maximum atomic E-state index is 13.1. The predicted octanol–water partition coefficient (Wildman–Crippen LogP) is 5.98. The second kappa shape index (κ2) is 8.18. The largest absolute Gasteiger partial charge is 0.478 e. The van der Waals surface area contributed by atoms with Gasteiger partial charge >= 0.3 is 5.97 Å². The maximum Gasteiger partial charge on any atom is 0.340 e. The van der Waals surface area contributed by atoms with E-state index in [9.17, 15) is 22.7 Å². The highest BCUT2D eigenvalue weighted by molar-refractivity contribution is 7.92. The average Bonchev–Trinajstić information content (AvgIpc) is 3.54. The molecule has 2 N–H and O–H groups in total. The number of carboxylic acid groups (broad SMARTS) is 1. The number of halogens is 1. The number of nitrogens with one attached hydrogen (secondary N) is 1. The molecule has 0 atom stereocenters. The van der Waals surface area contributed by atoms with Crippen molar-refractivity contribution in [2.45, 2.75) is 18.8 Å². The number of hydrogen-bond acceptors (Lipinski definition) is 5. The summed E-state index contributed by atoms with van der Waals surface area (Å²) in [5.74, 6) is -0.230. The number of rotatable bonds is 7. The van der Waals surface area contributed by atoms with Crippen molar-refractivity contribution in [3.05, 3.63) is 77.6 Å². The lowest BCUT2D eigenvalue weighted by atomic mass is 10.0. The van der Waals surface area contributed by atoms with Gasteiger partial charge in [0.2, 0.25) is 10.0 Å². The van der Waals surface area contributed by atoms with Crippen molar-refractivity contribution in [3.63, 3.8) is 0 Å². The molecule has 0 saturated heterocycles. The molecule has 4 aromatic rings. The van der Waals surface area contributed by atoms with Gasteiger partial charge < -0.3 is 14.3 Å². The van der Waals surface area contributed by atoms with Gasteiger partial charge in [0.15, 0.2) is 0 Å². The first-order valence-corrected chi connectivity index (χ1v) is 12.4. The monoisotopic (exact) mass is 481 g/mol. The Hall–Kier alpha value is -3.85. The van der Waals surface area contributed by atoms with Crippen molar-refractivity contribution >= 4 is 32.6 Å². The lowest BCUT2D eigenvalue weighted by Gasteiger charge is -2.10. The number of furan rings is 1. The summed E-state index contributed by atoms with van der Waals surface area (Å²) in [6.45, 7) is 0. The zero-order valence-electron chi connectivity index (χ0n) is 18.0. The van der Waals surface area contributed by atoms with Crippen LogP contribution in [0.5, 0.6) is 11.5 Å². The maximum absolute atomic E-state index is 13.1. The van der Waals surface area contributed by atoms with E-state index in [-0.39, 0.29) is 28.6 Å². The normalized spacial score (nSPS) is 13.7. The van der Waals surface area contributed by atoms with Gasteiger partial charge in [-0.1, -0.05) is 0 Å². The predicted molar refractivity (Wildman–Crippen MR) is 126 cm³/mol. The zero-order valence-corrected chi connectivity index (χ0v) is 18.9. The van der Waals surface area contributed by atoms with E-state index in [0.717, 1.165) is 24.7 Å². The third-order valence-corrected chi connectivity index (χ3v) is 6.14. The van der Waals surface area contributed by atoms with Crippen molar-refractivity contribution in [3.8, 4) is 22.8 Å². The van der Waals surface area contributed by atoms with Gasteiger partial charge in [0.1, 0.15) is 34.2 Å². The summed E-state index contributed by atoms with van der Waals surface area (Å²) in [5.41, 5.74) is 1.96. The smallest absolute Gasteiger partial charge is 0.340 e. The molecule has 0 spiro atoms. The van der Waals surface area contributed by atoms with Crippen LogP contribution in [0.3, 0.4) is 0 Å². The SMILES string of the molecule is CS(=O)(=O)Nc1cc2oc(-c3ccc(Oc4ccc(F)cc4)cc3)c(C(=O)O)c2cc1C1CC1. The number of carboxylic acids is 1. The minimum absolute atomic E-state index is 0.00927. The van der Waals surface area contributed by atoms with E-state index in [1.807, 2.05) is 0 Å². The lowest BCUT2D eigenvalue weighted by molar-refractivity contribution is 0.0699. The Morgan fingerprint density at radius 1 is 1.06 bits per heavy atom. The van der Waals surface area contributed by atoms with Crippen LogP contribution in [-0.4, -0.2) is 25.7 Å². The molecule has 1 heterocycles. The van der Waals surface area contributed by atoms with Crippen LogP contribution < -0.4 is 9.46 Å². The summed E-state index contributed by atoms with van der Waals surface area (Å²) in [5, 5.41) is 10.4. The van der Waals surface area contributed by atoms with Gasteiger partial charge in [-0.2, -0.15) is 0 Å². The van der Waals surface area contributed by atoms with Gasteiger partial charge in [-0.15, -0.1) is 0 Å². The van der Waals surface area contributed by atoms with Crippen LogP contribution in [-0.2, 0) is 10.0 Å². The molecular formula is C25H20FNO6S. The Balaban J connectivity index is 1.55. The number of fused-ring (bicyclic) bond motifs is 1. The van der Waals surface area contributed by atoms with E-state index in [1.54, 1.807) is 36.4 Å². The fraction of sp³-hybridized carbons (Fsp3) is 0.160. The summed E-state index contributed by atoms with van der Waals surface area (Å²) < 4.78 is 50.9. The summed E-state index contributed by atoms with van der Waals surface area (Å²) >= 11 is 0. The minimum Gasteiger partial charge on any atom is -0.478 e.